The number of rotatable bonds is 3. The zero-order valence-electron chi connectivity index (χ0n) is 7.33. The first-order valence-corrected chi connectivity index (χ1v) is 4.03. The average Bonchev–Trinajstić information content (AvgIpc) is 2.15. The van der Waals surface area contributed by atoms with E-state index in [9.17, 15) is 5.11 Å². The van der Waals surface area contributed by atoms with Gasteiger partial charge in [-0.15, -0.1) is 0 Å². The van der Waals surface area contributed by atoms with Gasteiger partial charge < -0.3 is 5.11 Å². The zero-order valence-corrected chi connectivity index (χ0v) is 7.33. The molecular formula is C9H11N3O. The van der Waals surface area contributed by atoms with E-state index in [-0.39, 0.29) is 0 Å². The smallest absolute Gasteiger partial charge is 0.0881 e. The highest BCUT2D eigenvalue weighted by Gasteiger charge is 2.14. The molecule has 0 saturated heterocycles. The number of aliphatic hydroxyl groups is 1. The quantitative estimate of drug-likeness (QED) is 0.430. The monoisotopic (exact) mass is 177 g/mol. The van der Waals surface area contributed by atoms with Gasteiger partial charge in [-0.3, -0.25) is 0 Å². The van der Waals surface area contributed by atoms with Gasteiger partial charge in [0.15, 0.2) is 0 Å². The molecule has 0 spiro atoms. The van der Waals surface area contributed by atoms with Gasteiger partial charge in [0.05, 0.1) is 12.1 Å². The fourth-order valence-electron chi connectivity index (χ4n) is 1.15. The molecule has 1 aromatic carbocycles. The van der Waals surface area contributed by atoms with Crippen LogP contribution in [0, 0.1) is 0 Å². The van der Waals surface area contributed by atoms with Crippen LogP contribution in [0.25, 0.3) is 10.4 Å². The molecule has 2 atom stereocenters. The van der Waals surface area contributed by atoms with Crippen LogP contribution in [0.2, 0.25) is 0 Å². The standard InChI is InChI=1S/C9H11N3O/c1-7(13)9(11-12-10)8-5-3-2-4-6-8/h2-7,9,13H,1H3. The van der Waals surface area contributed by atoms with Crippen LogP contribution >= 0.6 is 0 Å². The van der Waals surface area contributed by atoms with Crippen molar-refractivity contribution in [3.63, 3.8) is 0 Å². The van der Waals surface area contributed by atoms with Crippen molar-refractivity contribution in [2.24, 2.45) is 5.11 Å². The van der Waals surface area contributed by atoms with Crippen LogP contribution in [0.4, 0.5) is 0 Å². The molecular weight excluding hydrogens is 166 g/mol. The van der Waals surface area contributed by atoms with Crippen LogP contribution in [-0.2, 0) is 0 Å². The largest absolute Gasteiger partial charge is 0.393 e. The Kier molecular flexibility index (Phi) is 3.31. The summed E-state index contributed by atoms with van der Waals surface area (Å²) < 4.78 is 0. The second-order valence-corrected chi connectivity index (χ2v) is 2.80. The Bertz CT molecular complexity index is 304. The Morgan fingerprint density at radius 3 is 2.46 bits per heavy atom. The Morgan fingerprint density at radius 1 is 1.38 bits per heavy atom. The predicted octanol–water partition coefficient (Wildman–Crippen LogP) is 2.42. The van der Waals surface area contributed by atoms with E-state index in [2.05, 4.69) is 10.0 Å². The molecule has 4 nitrogen and oxygen atoms in total. The third-order valence-corrected chi connectivity index (χ3v) is 1.77. The van der Waals surface area contributed by atoms with Crippen molar-refractivity contribution < 1.29 is 5.11 Å². The molecule has 0 aromatic heterocycles. The minimum absolute atomic E-state index is 0.494. The minimum Gasteiger partial charge on any atom is -0.393 e. The maximum Gasteiger partial charge on any atom is 0.0881 e. The predicted molar refractivity (Wildman–Crippen MR) is 50.0 cm³/mol. The third-order valence-electron chi connectivity index (χ3n) is 1.77. The normalized spacial score (nSPS) is 14.3. The van der Waals surface area contributed by atoms with Crippen LogP contribution in [-0.4, -0.2) is 11.2 Å². The first-order chi connectivity index (χ1) is 6.25. The number of hydrogen-bond acceptors (Lipinski definition) is 2. The summed E-state index contributed by atoms with van der Waals surface area (Å²) in [6.45, 7) is 1.60. The third kappa shape index (κ3) is 2.47. The number of hydrogen-bond donors (Lipinski definition) is 1. The lowest BCUT2D eigenvalue weighted by Gasteiger charge is -2.13. The van der Waals surface area contributed by atoms with Gasteiger partial charge in [-0.1, -0.05) is 35.4 Å². The molecule has 0 aliphatic carbocycles. The number of azide groups is 1. The summed E-state index contributed by atoms with van der Waals surface area (Å²) in [6, 6.07) is 8.72. The molecule has 68 valence electrons. The second-order valence-electron chi connectivity index (χ2n) is 2.80. The lowest BCUT2D eigenvalue weighted by molar-refractivity contribution is 0.164. The van der Waals surface area contributed by atoms with Gasteiger partial charge >= 0.3 is 0 Å². The summed E-state index contributed by atoms with van der Waals surface area (Å²) in [5, 5.41) is 12.9. The Morgan fingerprint density at radius 2 is 2.00 bits per heavy atom. The van der Waals surface area contributed by atoms with Gasteiger partial charge in [-0.25, -0.2) is 0 Å². The van der Waals surface area contributed by atoms with Gasteiger partial charge in [-0.2, -0.15) is 0 Å². The van der Waals surface area contributed by atoms with E-state index in [0.717, 1.165) is 5.56 Å². The molecule has 0 radical (unpaired) electrons. The molecule has 4 heteroatoms. The molecule has 0 aliphatic rings. The number of aliphatic hydroxyl groups excluding tert-OH is 1. The fraction of sp³-hybridized carbons (Fsp3) is 0.333. The van der Waals surface area contributed by atoms with E-state index in [1.165, 1.54) is 0 Å². The fourth-order valence-corrected chi connectivity index (χ4v) is 1.15. The SMILES string of the molecule is CC(O)C(N=[N+]=[N-])c1ccccc1. The zero-order chi connectivity index (χ0) is 9.68. The molecule has 0 saturated carbocycles. The van der Waals surface area contributed by atoms with Gasteiger partial charge in [0.1, 0.15) is 0 Å². The lowest BCUT2D eigenvalue weighted by Crippen LogP contribution is -2.11. The van der Waals surface area contributed by atoms with E-state index < -0.39 is 12.1 Å². The molecule has 0 fully saturated rings. The van der Waals surface area contributed by atoms with Crippen molar-refractivity contribution in [3.05, 3.63) is 46.3 Å². The molecule has 0 aliphatic heterocycles. The highest BCUT2D eigenvalue weighted by molar-refractivity contribution is 5.19. The Hall–Kier alpha value is -1.51. The van der Waals surface area contributed by atoms with Crippen molar-refractivity contribution in [2.75, 3.05) is 0 Å². The highest BCUT2D eigenvalue weighted by atomic mass is 16.3. The summed E-state index contributed by atoms with van der Waals surface area (Å²) in [7, 11) is 0. The van der Waals surface area contributed by atoms with E-state index in [4.69, 9.17) is 5.53 Å². The second kappa shape index (κ2) is 4.50. The Balaban J connectivity index is 2.95. The molecule has 1 aromatic rings. The van der Waals surface area contributed by atoms with Crippen LogP contribution in [0.1, 0.15) is 18.5 Å². The van der Waals surface area contributed by atoms with Crippen LogP contribution in [0.15, 0.2) is 35.4 Å². The van der Waals surface area contributed by atoms with Gasteiger partial charge in [-0.05, 0) is 18.0 Å². The van der Waals surface area contributed by atoms with Crippen molar-refractivity contribution in [3.8, 4) is 0 Å². The molecule has 1 rings (SSSR count). The topological polar surface area (TPSA) is 69.0 Å². The minimum atomic E-state index is -0.668. The molecule has 13 heavy (non-hydrogen) atoms. The Labute approximate surface area is 76.5 Å². The first kappa shape index (κ1) is 9.58. The molecule has 0 heterocycles. The highest BCUT2D eigenvalue weighted by Crippen LogP contribution is 2.20. The number of nitrogens with zero attached hydrogens (tertiary/aromatic N) is 3. The maximum atomic E-state index is 9.33. The lowest BCUT2D eigenvalue weighted by atomic mass is 10.0. The van der Waals surface area contributed by atoms with Crippen LogP contribution in [0.3, 0.4) is 0 Å². The first-order valence-electron chi connectivity index (χ1n) is 4.03. The van der Waals surface area contributed by atoms with Crippen molar-refractivity contribution in [1.29, 1.82) is 0 Å². The van der Waals surface area contributed by atoms with E-state index >= 15 is 0 Å². The maximum absolute atomic E-state index is 9.33. The number of benzene rings is 1. The molecule has 0 bridgehead atoms. The van der Waals surface area contributed by atoms with E-state index in [1.54, 1.807) is 6.92 Å². The van der Waals surface area contributed by atoms with Crippen molar-refractivity contribution in [2.45, 2.75) is 19.1 Å². The summed E-state index contributed by atoms with van der Waals surface area (Å²) >= 11 is 0. The van der Waals surface area contributed by atoms with E-state index in [0.29, 0.717) is 0 Å². The average molecular weight is 177 g/mol. The van der Waals surface area contributed by atoms with Gasteiger partial charge in [0.25, 0.3) is 0 Å². The molecule has 2 unspecified atom stereocenters. The molecule has 1 N–H and O–H groups in total. The van der Waals surface area contributed by atoms with Gasteiger partial charge in [0, 0.05) is 4.91 Å². The van der Waals surface area contributed by atoms with E-state index in [1.807, 2.05) is 30.3 Å². The van der Waals surface area contributed by atoms with Crippen LogP contribution in [0.5, 0.6) is 0 Å². The van der Waals surface area contributed by atoms with Crippen LogP contribution < -0.4 is 0 Å². The van der Waals surface area contributed by atoms with Gasteiger partial charge in [0.2, 0.25) is 0 Å². The summed E-state index contributed by atoms with van der Waals surface area (Å²) in [4.78, 5) is 2.70. The summed E-state index contributed by atoms with van der Waals surface area (Å²) in [5.41, 5.74) is 9.12. The van der Waals surface area contributed by atoms with Crippen molar-refractivity contribution >= 4 is 0 Å². The molecule has 0 amide bonds. The summed E-state index contributed by atoms with van der Waals surface area (Å²) in [6.07, 6.45) is -0.668. The summed E-state index contributed by atoms with van der Waals surface area (Å²) in [5.74, 6) is 0. The van der Waals surface area contributed by atoms with Crippen molar-refractivity contribution in [1.82, 2.24) is 0 Å².